The van der Waals surface area contributed by atoms with Gasteiger partial charge in [-0.1, -0.05) is 28.4 Å². The van der Waals surface area contributed by atoms with Gasteiger partial charge in [0, 0.05) is 0 Å². The first-order valence-electron chi connectivity index (χ1n) is 4.45. The predicted molar refractivity (Wildman–Crippen MR) is 59.2 cm³/mol. The molecule has 2 aromatic rings. The number of hydrogen-bond donors (Lipinski definition) is 1. The van der Waals surface area contributed by atoms with E-state index in [1.165, 1.54) is 12.1 Å². The monoisotopic (exact) mass is 297 g/mol. The van der Waals surface area contributed by atoms with Gasteiger partial charge in [-0.3, -0.25) is 0 Å². The summed E-state index contributed by atoms with van der Waals surface area (Å²) in [6.07, 6.45) is -4.71. The van der Waals surface area contributed by atoms with Crippen LogP contribution in [-0.4, -0.2) is 10.1 Å². The molecule has 96 valence electrons. The van der Waals surface area contributed by atoms with E-state index in [9.17, 15) is 13.2 Å². The number of hydrogen-bond acceptors (Lipinski definition) is 4. The van der Waals surface area contributed by atoms with Gasteiger partial charge >= 0.3 is 6.18 Å². The van der Waals surface area contributed by atoms with E-state index >= 15 is 0 Å². The molecule has 0 bridgehead atoms. The molecule has 18 heavy (non-hydrogen) atoms. The van der Waals surface area contributed by atoms with E-state index in [1.54, 1.807) is 0 Å². The zero-order valence-electron chi connectivity index (χ0n) is 8.42. The Balaban J connectivity index is 2.57. The van der Waals surface area contributed by atoms with Gasteiger partial charge in [-0.05, 0) is 12.1 Å². The summed E-state index contributed by atoms with van der Waals surface area (Å²) >= 11 is 11.5. The molecule has 0 saturated heterocycles. The van der Waals surface area contributed by atoms with Crippen molar-refractivity contribution in [2.45, 2.75) is 6.18 Å². The summed E-state index contributed by atoms with van der Waals surface area (Å²) in [5.74, 6) is -1.85. The molecule has 0 amide bonds. The van der Waals surface area contributed by atoms with Crippen LogP contribution in [0.4, 0.5) is 18.9 Å². The molecule has 0 unspecified atom stereocenters. The molecule has 2 rings (SSSR count). The summed E-state index contributed by atoms with van der Waals surface area (Å²) in [5, 5.41) is 3.00. The summed E-state index contributed by atoms with van der Waals surface area (Å²) in [4.78, 5) is 3.19. The molecular formula is C9H4Cl2F3N3O. The molecule has 0 aliphatic carbocycles. The molecule has 1 heterocycles. The lowest BCUT2D eigenvalue weighted by Gasteiger charge is -2.04. The largest absolute Gasteiger partial charge is 0.455 e. The average Bonchev–Trinajstić information content (AvgIpc) is 2.73. The van der Waals surface area contributed by atoms with Crippen molar-refractivity contribution >= 4 is 28.9 Å². The Bertz CT molecular complexity index is 597. The minimum Gasteiger partial charge on any atom is -0.397 e. The smallest absolute Gasteiger partial charge is 0.397 e. The Hall–Kier alpha value is -1.47. The normalized spacial score (nSPS) is 11.8. The number of aromatic nitrogens is 2. The van der Waals surface area contributed by atoms with Crippen LogP contribution in [0.1, 0.15) is 5.82 Å². The van der Waals surface area contributed by atoms with Crippen LogP contribution in [0.2, 0.25) is 10.0 Å². The Morgan fingerprint density at radius 2 is 1.78 bits per heavy atom. The van der Waals surface area contributed by atoms with Gasteiger partial charge in [0.1, 0.15) is 0 Å². The molecule has 0 aliphatic heterocycles. The number of nitrogen functional groups attached to an aromatic ring is 1. The quantitative estimate of drug-likeness (QED) is 0.816. The molecule has 0 atom stereocenters. The first-order chi connectivity index (χ1) is 8.30. The zero-order valence-corrected chi connectivity index (χ0v) is 9.94. The maximum atomic E-state index is 12.3. The van der Waals surface area contributed by atoms with Crippen LogP contribution in [0, 0.1) is 0 Å². The summed E-state index contributed by atoms with van der Waals surface area (Å²) < 4.78 is 41.5. The molecule has 0 radical (unpaired) electrons. The standard InChI is InChI=1S/C9H4Cl2F3N3O/c10-3-1-2-4(11)6(15)5(3)7-16-8(17-18-7)9(12,13)14/h1-2H,15H2. The van der Waals surface area contributed by atoms with Crippen LogP contribution < -0.4 is 5.73 Å². The second-order valence-corrected chi connectivity index (χ2v) is 4.05. The van der Waals surface area contributed by atoms with Gasteiger partial charge in [-0.25, -0.2) is 0 Å². The molecule has 9 heteroatoms. The number of halogens is 5. The third kappa shape index (κ3) is 2.23. The Kier molecular flexibility index (Phi) is 3.12. The highest BCUT2D eigenvalue weighted by Crippen LogP contribution is 2.38. The van der Waals surface area contributed by atoms with Crippen LogP contribution in [0.3, 0.4) is 0 Å². The van der Waals surface area contributed by atoms with Crippen molar-refractivity contribution in [3.05, 3.63) is 28.0 Å². The van der Waals surface area contributed by atoms with Crippen molar-refractivity contribution in [3.63, 3.8) is 0 Å². The minimum atomic E-state index is -4.71. The molecule has 0 saturated carbocycles. The van der Waals surface area contributed by atoms with Crippen molar-refractivity contribution in [3.8, 4) is 11.5 Å². The maximum absolute atomic E-state index is 12.3. The van der Waals surface area contributed by atoms with Crippen LogP contribution >= 0.6 is 23.2 Å². The molecular weight excluding hydrogens is 294 g/mol. The summed E-state index contributed by atoms with van der Waals surface area (Å²) in [6.45, 7) is 0. The second-order valence-electron chi connectivity index (χ2n) is 3.24. The van der Waals surface area contributed by atoms with Gasteiger partial charge in [-0.15, -0.1) is 0 Å². The van der Waals surface area contributed by atoms with E-state index in [-0.39, 0.29) is 21.3 Å². The number of anilines is 1. The van der Waals surface area contributed by atoms with Crippen LogP contribution in [-0.2, 0) is 6.18 Å². The van der Waals surface area contributed by atoms with E-state index in [0.29, 0.717) is 0 Å². The van der Waals surface area contributed by atoms with Gasteiger partial charge in [0.2, 0.25) is 0 Å². The van der Waals surface area contributed by atoms with Gasteiger partial charge in [0.25, 0.3) is 11.7 Å². The highest BCUT2D eigenvalue weighted by atomic mass is 35.5. The third-order valence-corrected chi connectivity index (χ3v) is 2.68. The van der Waals surface area contributed by atoms with E-state index < -0.39 is 17.9 Å². The van der Waals surface area contributed by atoms with Crippen LogP contribution in [0.15, 0.2) is 16.7 Å². The van der Waals surface area contributed by atoms with Gasteiger partial charge in [0.05, 0.1) is 21.3 Å². The Morgan fingerprint density at radius 3 is 2.33 bits per heavy atom. The number of benzene rings is 1. The van der Waals surface area contributed by atoms with Gasteiger partial charge in [0.15, 0.2) is 0 Å². The van der Waals surface area contributed by atoms with Crippen LogP contribution in [0.5, 0.6) is 0 Å². The molecule has 4 nitrogen and oxygen atoms in total. The van der Waals surface area contributed by atoms with Crippen molar-refractivity contribution in [1.82, 2.24) is 10.1 Å². The van der Waals surface area contributed by atoms with E-state index in [1.807, 2.05) is 0 Å². The number of alkyl halides is 3. The Morgan fingerprint density at radius 1 is 1.17 bits per heavy atom. The highest BCUT2D eigenvalue weighted by Gasteiger charge is 2.37. The minimum absolute atomic E-state index is 0.0211. The molecule has 1 aromatic heterocycles. The Labute approximate surface area is 108 Å². The summed E-state index contributed by atoms with van der Waals surface area (Å²) in [5.41, 5.74) is 5.56. The second kappa shape index (κ2) is 4.33. The lowest BCUT2D eigenvalue weighted by atomic mass is 10.2. The zero-order chi connectivity index (χ0) is 13.5. The fourth-order valence-corrected chi connectivity index (χ4v) is 1.63. The molecule has 0 spiro atoms. The summed E-state index contributed by atoms with van der Waals surface area (Å²) in [6, 6.07) is 2.77. The lowest BCUT2D eigenvalue weighted by Crippen LogP contribution is -2.07. The fourth-order valence-electron chi connectivity index (χ4n) is 1.23. The van der Waals surface area contributed by atoms with Gasteiger partial charge < -0.3 is 10.3 Å². The van der Waals surface area contributed by atoms with E-state index in [0.717, 1.165) is 0 Å². The first-order valence-corrected chi connectivity index (χ1v) is 5.21. The maximum Gasteiger partial charge on any atom is 0.455 e. The van der Waals surface area contributed by atoms with Crippen molar-refractivity contribution in [2.24, 2.45) is 0 Å². The number of nitrogens with zero attached hydrogens (tertiary/aromatic N) is 2. The van der Waals surface area contributed by atoms with Crippen molar-refractivity contribution < 1.29 is 17.7 Å². The number of rotatable bonds is 1. The lowest BCUT2D eigenvalue weighted by molar-refractivity contribution is -0.146. The van der Waals surface area contributed by atoms with Crippen molar-refractivity contribution in [1.29, 1.82) is 0 Å². The van der Waals surface area contributed by atoms with Crippen molar-refractivity contribution in [2.75, 3.05) is 5.73 Å². The molecule has 2 N–H and O–H groups in total. The fraction of sp³-hybridized carbons (Fsp3) is 0.111. The van der Waals surface area contributed by atoms with Crippen LogP contribution in [0.25, 0.3) is 11.5 Å². The topological polar surface area (TPSA) is 64.9 Å². The third-order valence-electron chi connectivity index (χ3n) is 2.03. The first kappa shape index (κ1) is 13.0. The highest BCUT2D eigenvalue weighted by molar-refractivity contribution is 6.37. The SMILES string of the molecule is Nc1c(Cl)ccc(Cl)c1-c1nc(C(F)(F)F)no1. The molecule has 0 aliphatic rings. The molecule has 0 fully saturated rings. The van der Waals surface area contributed by atoms with Gasteiger partial charge in [-0.2, -0.15) is 18.2 Å². The van der Waals surface area contributed by atoms with E-state index in [2.05, 4.69) is 14.7 Å². The van der Waals surface area contributed by atoms with E-state index in [4.69, 9.17) is 28.9 Å². The predicted octanol–water partition coefficient (Wildman–Crippen LogP) is 3.64. The summed E-state index contributed by atoms with van der Waals surface area (Å²) in [7, 11) is 0. The molecule has 1 aromatic carbocycles. The number of nitrogens with two attached hydrogens (primary N) is 1. The average molecular weight is 298 g/mol.